The van der Waals surface area contributed by atoms with Crippen LogP contribution in [0.5, 0.6) is 0 Å². The first-order chi connectivity index (χ1) is 15.3. The Labute approximate surface area is 190 Å². The number of hydrogen-bond donors (Lipinski definition) is 0. The SMILES string of the molecule is CCN(CC)S(=O)(=O)c1ccc(F)c(C(=O)N(C)Cc2ccccc2N2CCCCC2)c1. The summed E-state index contributed by atoms with van der Waals surface area (Å²) in [6.07, 6.45) is 3.51. The zero-order valence-corrected chi connectivity index (χ0v) is 19.9. The number of rotatable bonds is 8. The van der Waals surface area contributed by atoms with Crippen LogP contribution in [0.1, 0.15) is 49.0 Å². The molecule has 1 fully saturated rings. The molecule has 1 aliphatic heterocycles. The summed E-state index contributed by atoms with van der Waals surface area (Å²) in [6, 6.07) is 11.4. The van der Waals surface area contributed by atoms with E-state index in [9.17, 15) is 17.6 Å². The van der Waals surface area contributed by atoms with Crippen LogP contribution in [0.15, 0.2) is 47.4 Å². The van der Waals surface area contributed by atoms with Gasteiger partial charge >= 0.3 is 0 Å². The zero-order chi connectivity index (χ0) is 23.3. The van der Waals surface area contributed by atoms with E-state index in [2.05, 4.69) is 11.0 Å². The number of benzene rings is 2. The van der Waals surface area contributed by atoms with E-state index in [-0.39, 0.29) is 10.5 Å². The molecule has 1 heterocycles. The third-order valence-corrected chi connectivity index (χ3v) is 8.00. The summed E-state index contributed by atoms with van der Waals surface area (Å²) in [6.45, 7) is 6.34. The predicted molar refractivity (Wildman–Crippen MR) is 125 cm³/mol. The van der Waals surface area contributed by atoms with E-state index in [1.54, 1.807) is 20.9 Å². The molecular weight excluding hydrogens is 429 g/mol. The second-order valence-electron chi connectivity index (χ2n) is 8.07. The van der Waals surface area contributed by atoms with Gasteiger partial charge in [0.25, 0.3) is 5.91 Å². The van der Waals surface area contributed by atoms with Gasteiger partial charge in [-0.25, -0.2) is 12.8 Å². The third-order valence-electron chi connectivity index (χ3n) is 5.95. The van der Waals surface area contributed by atoms with Crippen LogP contribution in [0.4, 0.5) is 10.1 Å². The van der Waals surface area contributed by atoms with Gasteiger partial charge in [0, 0.05) is 45.5 Å². The zero-order valence-electron chi connectivity index (χ0n) is 19.1. The number of nitrogens with zero attached hydrogens (tertiary/aromatic N) is 3. The molecular formula is C24H32FN3O3S. The summed E-state index contributed by atoms with van der Waals surface area (Å²) in [4.78, 5) is 16.8. The molecule has 32 heavy (non-hydrogen) atoms. The topological polar surface area (TPSA) is 60.9 Å². The van der Waals surface area contributed by atoms with Gasteiger partial charge in [0.1, 0.15) is 5.82 Å². The average molecular weight is 462 g/mol. The van der Waals surface area contributed by atoms with Crippen molar-refractivity contribution in [2.75, 3.05) is 38.1 Å². The van der Waals surface area contributed by atoms with Gasteiger partial charge in [0.15, 0.2) is 0 Å². The number of anilines is 1. The van der Waals surface area contributed by atoms with Gasteiger partial charge in [-0.15, -0.1) is 0 Å². The highest BCUT2D eigenvalue weighted by Gasteiger charge is 2.26. The van der Waals surface area contributed by atoms with E-state index in [1.165, 1.54) is 21.7 Å². The van der Waals surface area contributed by atoms with Crippen molar-refractivity contribution in [3.05, 3.63) is 59.4 Å². The maximum Gasteiger partial charge on any atom is 0.256 e. The van der Waals surface area contributed by atoms with E-state index in [1.807, 2.05) is 18.2 Å². The number of piperidine rings is 1. The van der Waals surface area contributed by atoms with Crippen molar-refractivity contribution in [2.45, 2.75) is 44.6 Å². The number of hydrogen-bond acceptors (Lipinski definition) is 4. The first-order valence-corrected chi connectivity index (χ1v) is 12.6. The second-order valence-corrected chi connectivity index (χ2v) is 10.0. The number of para-hydroxylation sites is 1. The van der Waals surface area contributed by atoms with Gasteiger partial charge in [-0.2, -0.15) is 4.31 Å². The highest BCUT2D eigenvalue weighted by molar-refractivity contribution is 7.89. The number of carbonyl (C=O) groups is 1. The van der Waals surface area contributed by atoms with Crippen LogP contribution < -0.4 is 4.90 Å². The van der Waals surface area contributed by atoms with Crippen LogP contribution in [0.25, 0.3) is 0 Å². The summed E-state index contributed by atoms with van der Waals surface area (Å²) in [5, 5.41) is 0. The van der Waals surface area contributed by atoms with Gasteiger partial charge in [-0.3, -0.25) is 4.79 Å². The molecule has 1 amide bonds. The van der Waals surface area contributed by atoms with Crippen molar-refractivity contribution in [1.29, 1.82) is 0 Å². The quantitative estimate of drug-likeness (QED) is 0.593. The summed E-state index contributed by atoms with van der Waals surface area (Å²) in [5.74, 6) is -1.28. The minimum Gasteiger partial charge on any atom is -0.371 e. The lowest BCUT2D eigenvalue weighted by atomic mass is 10.1. The molecule has 0 aromatic heterocycles. The Hall–Kier alpha value is -2.45. The molecule has 2 aromatic carbocycles. The summed E-state index contributed by atoms with van der Waals surface area (Å²) in [7, 11) is -2.18. The molecule has 0 saturated carbocycles. The van der Waals surface area contributed by atoms with Crippen LogP contribution in [0.2, 0.25) is 0 Å². The average Bonchev–Trinajstić information content (AvgIpc) is 2.80. The highest BCUT2D eigenvalue weighted by atomic mass is 32.2. The lowest BCUT2D eigenvalue weighted by Crippen LogP contribution is -2.33. The van der Waals surface area contributed by atoms with Crippen molar-refractivity contribution in [3.63, 3.8) is 0 Å². The molecule has 6 nitrogen and oxygen atoms in total. The fourth-order valence-electron chi connectivity index (χ4n) is 4.16. The largest absolute Gasteiger partial charge is 0.371 e. The van der Waals surface area contributed by atoms with Crippen LogP contribution >= 0.6 is 0 Å². The first-order valence-electron chi connectivity index (χ1n) is 11.2. The predicted octanol–water partition coefficient (Wildman–Crippen LogP) is 4.12. The van der Waals surface area contributed by atoms with Crippen molar-refractivity contribution in [2.24, 2.45) is 0 Å². The van der Waals surface area contributed by atoms with Gasteiger partial charge in [0.05, 0.1) is 10.5 Å². The molecule has 0 unspecified atom stereocenters. The van der Waals surface area contributed by atoms with E-state index < -0.39 is 21.7 Å². The van der Waals surface area contributed by atoms with Crippen molar-refractivity contribution < 1.29 is 17.6 Å². The van der Waals surface area contributed by atoms with E-state index >= 15 is 0 Å². The Balaban J connectivity index is 1.86. The van der Waals surface area contributed by atoms with Crippen molar-refractivity contribution in [3.8, 4) is 0 Å². The Bertz CT molecular complexity index is 1050. The maximum absolute atomic E-state index is 14.6. The molecule has 0 atom stereocenters. The maximum atomic E-state index is 14.6. The molecule has 0 spiro atoms. The van der Waals surface area contributed by atoms with Gasteiger partial charge in [-0.05, 0) is 49.1 Å². The monoisotopic (exact) mass is 461 g/mol. The molecule has 8 heteroatoms. The molecule has 0 N–H and O–H groups in total. The number of amides is 1. The number of halogens is 1. The normalized spacial score (nSPS) is 14.6. The van der Waals surface area contributed by atoms with Gasteiger partial charge in [-0.1, -0.05) is 32.0 Å². The fourth-order valence-corrected chi connectivity index (χ4v) is 5.65. The summed E-state index contributed by atoms with van der Waals surface area (Å²) < 4.78 is 41.5. The molecule has 0 aliphatic carbocycles. The Morgan fingerprint density at radius 3 is 2.34 bits per heavy atom. The van der Waals surface area contributed by atoms with Crippen LogP contribution in [0.3, 0.4) is 0 Å². The molecule has 3 rings (SSSR count). The third kappa shape index (κ3) is 5.13. The van der Waals surface area contributed by atoms with Crippen molar-refractivity contribution >= 4 is 21.6 Å². The Morgan fingerprint density at radius 2 is 1.69 bits per heavy atom. The van der Waals surface area contributed by atoms with E-state index in [0.29, 0.717) is 19.6 Å². The van der Waals surface area contributed by atoms with Crippen LogP contribution in [-0.4, -0.2) is 56.8 Å². The molecule has 1 aliphatic rings. The van der Waals surface area contributed by atoms with Gasteiger partial charge in [0.2, 0.25) is 10.0 Å². The summed E-state index contributed by atoms with van der Waals surface area (Å²) >= 11 is 0. The molecule has 0 radical (unpaired) electrons. The molecule has 2 aromatic rings. The highest BCUT2D eigenvalue weighted by Crippen LogP contribution is 2.26. The van der Waals surface area contributed by atoms with E-state index in [4.69, 9.17) is 0 Å². The first kappa shape index (κ1) is 24.2. The van der Waals surface area contributed by atoms with Crippen LogP contribution in [-0.2, 0) is 16.6 Å². The Morgan fingerprint density at radius 1 is 1.03 bits per heavy atom. The van der Waals surface area contributed by atoms with E-state index in [0.717, 1.165) is 49.3 Å². The number of sulfonamides is 1. The van der Waals surface area contributed by atoms with Crippen molar-refractivity contribution in [1.82, 2.24) is 9.21 Å². The molecule has 1 saturated heterocycles. The lowest BCUT2D eigenvalue weighted by molar-refractivity contribution is 0.0780. The standard InChI is InChI=1S/C24H32FN3O3S/c1-4-28(5-2)32(30,31)20-13-14-22(25)21(17-20)24(29)26(3)18-19-11-7-8-12-23(19)27-15-9-6-10-16-27/h7-8,11-14,17H,4-6,9-10,15-16,18H2,1-3H3. The molecule has 174 valence electrons. The Kier molecular flexibility index (Phi) is 7.90. The second kappa shape index (κ2) is 10.4. The fraction of sp³-hybridized carbons (Fsp3) is 0.458. The minimum absolute atomic E-state index is 0.0759. The van der Waals surface area contributed by atoms with Gasteiger partial charge < -0.3 is 9.80 Å². The smallest absolute Gasteiger partial charge is 0.256 e. The molecule has 0 bridgehead atoms. The van der Waals surface area contributed by atoms with Crippen LogP contribution in [0, 0.1) is 5.82 Å². The minimum atomic E-state index is -3.79. The number of carbonyl (C=O) groups excluding carboxylic acids is 1. The summed E-state index contributed by atoms with van der Waals surface area (Å²) in [5.41, 5.74) is 1.83. The lowest BCUT2D eigenvalue weighted by Gasteiger charge is -2.31.